The van der Waals surface area contributed by atoms with Crippen LogP contribution in [0.1, 0.15) is 47.3 Å². The topological polar surface area (TPSA) is 126 Å². The van der Waals surface area contributed by atoms with Crippen molar-refractivity contribution in [2.45, 2.75) is 38.0 Å². The van der Waals surface area contributed by atoms with Gasteiger partial charge in [-0.3, -0.25) is 4.79 Å². The van der Waals surface area contributed by atoms with E-state index in [1.54, 1.807) is 18.2 Å². The van der Waals surface area contributed by atoms with Crippen LogP contribution in [-0.2, 0) is 6.61 Å². The number of halogens is 1. The number of nitrogens with zero attached hydrogens (tertiary/aromatic N) is 1. The highest BCUT2D eigenvalue weighted by atomic mass is 35.5. The molecule has 158 valence electrons. The van der Waals surface area contributed by atoms with Crippen molar-refractivity contribution in [3.05, 3.63) is 58.6 Å². The second-order valence-corrected chi connectivity index (χ2v) is 7.82. The SMILES string of the molecule is O=C(NC(c1nc(O)c(CO)[nH]1)C1CCCCN1)c1ccc(-c2ccc(Cl)cc2)[nH]1. The molecule has 0 saturated carbocycles. The lowest BCUT2D eigenvalue weighted by Gasteiger charge is -2.30. The summed E-state index contributed by atoms with van der Waals surface area (Å²) in [5, 5.41) is 26.4. The summed E-state index contributed by atoms with van der Waals surface area (Å²) in [5.41, 5.74) is 2.37. The summed E-state index contributed by atoms with van der Waals surface area (Å²) in [5.74, 6) is -0.129. The van der Waals surface area contributed by atoms with Gasteiger partial charge in [-0.1, -0.05) is 30.2 Å². The lowest BCUT2D eigenvalue weighted by Crippen LogP contribution is -2.46. The number of aromatic hydroxyl groups is 1. The van der Waals surface area contributed by atoms with E-state index in [1.807, 2.05) is 18.2 Å². The average molecular weight is 430 g/mol. The van der Waals surface area contributed by atoms with Gasteiger partial charge < -0.3 is 30.8 Å². The highest BCUT2D eigenvalue weighted by Crippen LogP contribution is 2.26. The number of amides is 1. The third kappa shape index (κ3) is 4.35. The van der Waals surface area contributed by atoms with Gasteiger partial charge in [-0.05, 0) is 49.2 Å². The molecule has 6 N–H and O–H groups in total. The number of hydrogen-bond donors (Lipinski definition) is 6. The first kappa shape index (κ1) is 20.5. The number of aliphatic hydroxyl groups excluding tert-OH is 1. The number of benzene rings is 1. The Hall–Kier alpha value is -2.81. The second-order valence-electron chi connectivity index (χ2n) is 7.38. The standard InChI is InChI=1S/C21H24ClN5O3/c22-13-6-4-12(5-7-13)14-8-9-16(24-14)20(29)26-18(15-3-1-2-10-23-15)19-25-17(11-28)21(30)27-19/h4-9,15,18,23-24,28,30H,1-3,10-11H2,(H,25,27)(H,26,29). The summed E-state index contributed by atoms with van der Waals surface area (Å²) in [6.07, 6.45) is 2.97. The number of carbonyl (C=O) groups is 1. The summed E-state index contributed by atoms with van der Waals surface area (Å²) in [6, 6.07) is 10.4. The van der Waals surface area contributed by atoms with Gasteiger partial charge in [0.05, 0.1) is 6.61 Å². The van der Waals surface area contributed by atoms with Crippen LogP contribution in [0.5, 0.6) is 5.88 Å². The van der Waals surface area contributed by atoms with E-state index in [2.05, 4.69) is 25.6 Å². The van der Waals surface area contributed by atoms with Gasteiger partial charge in [0, 0.05) is 16.8 Å². The molecule has 4 rings (SSSR count). The fourth-order valence-corrected chi connectivity index (χ4v) is 3.87. The molecule has 2 atom stereocenters. The molecule has 1 fully saturated rings. The Labute approximate surface area is 178 Å². The van der Waals surface area contributed by atoms with E-state index in [4.69, 9.17) is 11.6 Å². The van der Waals surface area contributed by atoms with Crippen molar-refractivity contribution in [3.63, 3.8) is 0 Å². The number of nitrogens with one attached hydrogen (secondary N) is 4. The van der Waals surface area contributed by atoms with Gasteiger partial charge in [0.2, 0.25) is 5.88 Å². The predicted molar refractivity (Wildman–Crippen MR) is 113 cm³/mol. The van der Waals surface area contributed by atoms with Crippen LogP contribution in [0.4, 0.5) is 0 Å². The van der Waals surface area contributed by atoms with Crippen molar-refractivity contribution in [2.24, 2.45) is 0 Å². The molecule has 30 heavy (non-hydrogen) atoms. The molecule has 0 spiro atoms. The molecule has 3 aromatic rings. The summed E-state index contributed by atoms with van der Waals surface area (Å²) in [6.45, 7) is 0.485. The number of piperidine rings is 1. The molecular formula is C21H24ClN5O3. The number of hydrogen-bond acceptors (Lipinski definition) is 5. The van der Waals surface area contributed by atoms with E-state index in [0.29, 0.717) is 16.5 Å². The number of carbonyl (C=O) groups excluding carboxylic acids is 1. The molecule has 1 aromatic carbocycles. The number of imidazole rings is 1. The monoisotopic (exact) mass is 429 g/mol. The normalized spacial score (nSPS) is 17.6. The fourth-order valence-electron chi connectivity index (χ4n) is 3.74. The Balaban J connectivity index is 1.56. The Morgan fingerprint density at radius 2 is 2.00 bits per heavy atom. The molecule has 0 radical (unpaired) electrons. The molecule has 0 bridgehead atoms. The van der Waals surface area contributed by atoms with Crippen molar-refractivity contribution in [3.8, 4) is 17.1 Å². The van der Waals surface area contributed by atoms with Gasteiger partial charge in [-0.15, -0.1) is 0 Å². The third-order valence-electron chi connectivity index (χ3n) is 5.35. The van der Waals surface area contributed by atoms with Crippen LogP contribution in [0.3, 0.4) is 0 Å². The predicted octanol–water partition coefficient (Wildman–Crippen LogP) is 2.87. The highest BCUT2D eigenvalue weighted by molar-refractivity contribution is 6.30. The van der Waals surface area contributed by atoms with Crippen LogP contribution in [0.2, 0.25) is 5.02 Å². The molecule has 2 unspecified atom stereocenters. The Morgan fingerprint density at radius 3 is 2.67 bits per heavy atom. The lowest BCUT2D eigenvalue weighted by molar-refractivity contribution is 0.0915. The minimum atomic E-state index is -0.480. The van der Waals surface area contributed by atoms with E-state index in [-0.39, 0.29) is 30.1 Å². The van der Waals surface area contributed by atoms with Crippen molar-refractivity contribution in [1.82, 2.24) is 25.6 Å². The number of aromatic amines is 2. The van der Waals surface area contributed by atoms with Crippen molar-refractivity contribution < 1.29 is 15.0 Å². The summed E-state index contributed by atoms with van der Waals surface area (Å²) < 4.78 is 0. The van der Waals surface area contributed by atoms with Crippen LogP contribution in [0.25, 0.3) is 11.3 Å². The fraction of sp³-hybridized carbons (Fsp3) is 0.333. The van der Waals surface area contributed by atoms with Crippen LogP contribution >= 0.6 is 11.6 Å². The van der Waals surface area contributed by atoms with Gasteiger partial charge in [0.1, 0.15) is 23.3 Å². The number of aliphatic hydroxyl groups is 1. The molecule has 1 aliphatic rings. The maximum atomic E-state index is 13.0. The summed E-state index contributed by atoms with van der Waals surface area (Å²) in [7, 11) is 0. The maximum Gasteiger partial charge on any atom is 0.268 e. The number of H-pyrrole nitrogens is 2. The van der Waals surface area contributed by atoms with Gasteiger partial charge in [0.15, 0.2) is 0 Å². The minimum Gasteiger partial charge on any atom is -0.492 e. The van der Waals surface area contributed by atoms with Crippen molar-refractivity contribution in [2.75, 3.05) is 6.54 Å². The van der Waals surface area contributed by atoms with Gasteiger partial charge in [-0.2, -0.15) is 4.98 Å². The van der Waals surface area contributed by atoms with Crippen LogP contribution < -0.4 is 10.6 Å². The molecule has 3 heterocycles. The zero-order chi connectivity index (χ0) is 21.1. The lowest BCUT2D eigenvalue weighted by atomic mass is 9.97. The number of aromatic nitrogens is 3. The van der Waals surface area contributed by atoms with Crippen molar-refractivity contribution >= 4 is 17.5 Å². The highest BCUT2D eigenvalue weighted by Gasteiger charge is 2.30. The largest absolute Gasteiger partial charge is 0.492 e. The average Bonchev–Trinajstić information content (AvgIpc) is 3.40. The van der Waals surface area contributed by atoms with E-state index in [1.165, 1.54) is 0 Å². The zero-order valence-corrected chi connectivity index (χ0v) is 17.0. The Bertz CT molecular complexity index is 1010. The molecule has 1 saturated heterocycles. The first-order chi connectivity index (χ1) is 14.5. The molecule has 0 aliphatic carbocycles. The molecular weight excluding hydrogens is 406 g/mol. The molecule has 1 amide bonds. The van der Waals surface area contributed by atoms with Crippen molar-refractivity contribution in [1.29, 1.82) is 0 Å². The first-order valence-corrected chi connectivity index (χ1v) is 10.3. The molecule has 2 aromatic heterocycles. The van der Waals surface area contributed by atoms with Crippen LogP contribution in [0.15, 0.2) is 36.4 Å². The van der Waals surface area contributed by atoms with Gasteiger partial charge in [-0.25, -0.2) is 0 Å². The quantitative estimate of drug-likeness (QED) is 0.359. The minimum absolute atomic E-state index is 0.0366. The zero-order valence-electron chi connectivity index (χ0n) is 16.3. The molecule has 1 aliphatic heterocycles. The summed E-state index contributed by atoms with van der Waals surface area (Å²) in [4.78, 5) is 23.2. The van der Waals surface area contributed by atoms with Crippen LogP contribution in [0, 0.1) is 0 Å². The Morgan fingerprint density at radius 1 is 1.20 bits per heavy atom. The van der Waals surface area contributed by atoms with Gasteiger partial charge >= 0.3 is 0 Å². The van der Waals surface area contributed by atoms with E-state index >= 15 is 0 Å². The third-order valence-corrected chi connectivity index (χ3v) is 5.60. The molecule has 9 heteroatoms. The molecule has 8 nitrogen and oxygen atoms in total. The summed E-state index contributed by atoms with van der Waals surface area (Å²) >= 11 is 5.94. The van der Waals surface area contributed by atoms with Crippen LogP contribution in [-0.4, -0.2) is 43.7 Å². The smallest absolute Gasteiger partial charge is 0.268 e. The second kappa shape index (κ2) is 8.91. The van der Waals surface area contributed by atoms with E-state index in [0.717, 1.165) is 37.1 Å². The van der Waals surface area contributed by atoms with E-state index < -0.39 is 6.04 Å². The first-order valence-electron chi connectivity index (χ1n) is 9.93. The van der Waals surface area contributed by atoms with E-state index in [9.17, 15) is 15.0 Å². The van der Waals surface area contributed by atoms with Gasteiger partial charge in [0.25, 0.3) is 5.91 Å². The maximum absolute atomic E-state index is 13.0. The number of rotatable bonds is 6. The Kier molecular flexibility index (Phi) is 6.08.